The lowest BCUT2D eigenvalue weighted by Gasteiger charge is -2.57. The number of rotatable bonds is 6. The molecule has 0 N–H and O–H groups in total. The molecule has 4 aliphatic rings. The monoisotopic (exact) mass is 448 g/mol. The predicted molar refractivity (Wildman–Crippen MR) is 138 cm³/mol. The largest absolute Gasteiger partial charge is 0.496 e. The lowest BCUT2D eigenvalue weighted by atomic mass is 9.48. The molecule has 0 aliphatic heterocycles. The van der Waals surface area contributed by atoms with Crippen molar-refractivity contribution in [1.82, 2.24) is 0 Å². The molecule has 0 unspecified atom stereocenters. The smallest absolute Gasteiger partial charge is 0.189 e. The van der Waals surface area contributed by atoms with Crippen molar-refractivity contribution in [1.29, 1.82) is 0 Å². The van der Waals surface area contributed by atoms with E-state index in [9.17, 15) is 4.79 Å². The number of carbonyl (C=O) groups is 1. The molecule has 3 aromatic rings. The van der Waals surface area contributed by atoms with Gasteiger partial charge >= 0.3 is 0 Å². The van der Waals surface area contributed by atoms with E-state index in [4.69, 9.17) is 4.74 Å². The summed E-state index contributed by atoms with van der Waals surface area (Å²) in [7, 11) is 1.66. The van der Waals surface area contributed by atoms with Gasteiger partial charge in [0, 0.05) is 0 Å². The van der Waals surface area contributed by atoms with Crippen LogP contribution in [0.1, 0.15) is 60.0 Å². The van der Waals surface area contributed by atoms with Crippen LogP contribution >= 0.6 is 0 Å². The first-order valence-electron chi connectivity index (χ1n) is 12.7. The summed E-state index contributed by atoms with van der Waals surface area (Å²) >= 11 is 0. The Morgan fingerprint density at radius 2 is 1.44 bits per heavy atom. The Bertz CT molecular complexity index is 1180. The molecule has 0 aromatic heterocycles. The molecule has 0 atom stereocenters. The summed E-state index contributed by atoms with van der Waals surface area (Å²) in [4.78, 5) is 13.3. The number of hydrogen-bond acceptors (Lipinski definition) is 2. The summed E-state index contributed by atoms with van der Waals surface area (Å²) in [5.74, 6) is 3.32. The van der Waals surface area contributed by atoms with Crippen molar-refractivity contribution in [2.24, 2.45) is 17.8 Å². The minimum absolute atomic E-state index is 0.00978. The maximum atomic E-state index is 13.3. The van der Waals surface area contributed by atoms with Crippen LogP contribution in [0.2, 0.25) is 0 Å². The third-order valence-corrected chi connectivity index (χ3v) is 8.56. The van der Waals surface area contributed by atoms with Crippen molar-refractivity contribution >= 4 is 11.9 Å². The number of carbonyl (C=O) groups excluding carboxylic acids is 1. The molecule has 0 radical (unpaired) electrons. The van der Waals surface area contributed by atoms with Crippen LogP contribution in [-0.4, -0.2) is 12.9 Å². The number of benzene rings is 3. The van der Waals surface area contributed by atoms with Gasteiger partial charge in [-0.15, -0.1) is 0 Å². The number of methoxy groups -OCH3 is 1. The molecular weight excluding hydrogens is 416 g/mol. The standard InChI is InChI=1S/C32H32O2/c1-34-31-14-12-28(32-19-23-15-24(20-32)17-25(16-23)21-32)18-29(31)30(33)13-9-22-7-10-27(11-8-22)26-5-3-2-4-6-26/h2-14,18,23-25H,15-17,19-21H2,1H3. The van der Waals surface area contributed by atoms with Crippen LogP contribution < -0.4 is 4.74 Å². The Labute approximate surface area is 202 Å². The van der Waals surface area contributed by atoms with Crippen LogP contribution in [0.25, 0.3) is 17.2 Å². The number of ketones is 1. The number of ether oxygens (including phenoxy) is 1. The van der Waals surface area contributed by atoms with Crippen LogP contribution in [0.15, 0.2) is 78.9 Å². The van der Waals surface area contributed by atoms with Crippen molar-refractivity contribution in [3.63, 3.8) is 0 Å². The Morgan fingerprint density at radius 3 is 2.06 bits per heavy atom. The summed E-state index contributed by atoms with van der Waals surface area (Å²) in [6, 6.07) is 25.1. The lowest BCUT2D eigenvalue weighted by Crippen LogP contribution is -2.48. The highest BCUT2D eigenvalue weighted by atomic mass is 16.5. The minimum atomic E-state index is 0.00978. The fourth-order valence-electron chi connectivity index (χ4n) is 7.37. The van der Waals surface area contributed by atoms with Gasteiger partial charge in [0.05, 0.1) is 12.7 Å². The summed E-state index contributed by atoms with van der Waals surface area (Å²) in [6.07, 6.45) is 11.8. The third-order valence-electron chi connectivity index (χ3n) is 8.56. The Hall–Kier alpha value is -3.13. The summed E-state index contributed by atoms with van der Waals surface area (Å²) < 4.78 is 5.60. The van der Waals surface area contributed by atoms with E-state index in [0.29, 0.717) is 11.3 Å². The summed E-state index contributed by atoms with van der Waals surface area (Å²) in [5.41, 5.74) is 5.70. The zero-order valence-corrected chi connectivity index (χ0v) is 19.9. The third kappa shape index (κ3) is 3.90. The zero-order valence-electron chi connectivity index (χ0n) is 19.9. The van der Waals surface area contributed by atoms with E-state index >= 15 is 0 Å². The SMILES string of the molecule is COc1ccc(C23CC4CC(CC(C4)C2)C3)cc1C(=O)C=Cc1ccc(-c2ccccc2)cc1. The van der Waals surface area contributed by atoms with Gasteiger partial charge in [-0.25, -0.2) is 0 Å². The summed E-state index contributed by atoms with van der Waals surface area (Å²) in [5, 5.41) is 0. The first kappa shape index (κ1) is 21.4. The van der Waals surface area contributed by atoms with Gasteiger partial charge in [-0.1, -0.05) is 66.7 Å². The molecule has 4 bridgehead atoms. The van der Waals surface area contributed by atoms with Gasteiger partial charge in [-0.3, -0.25) is 4.79 Å². The molecule has 34 heavy (non-hydrogen) atoms. The average molecular weight is 449 g/mol. The van der Waals surface area contributed by atoms with Crippen LogP contribution in [0, 0.1) is 17.8 Å². The normalized spacial score (nSPS) is 27.3. The lowest BCUT2D eigenvalue weighted by molar-refractivity contribution is -0.00521. The molecule has 0 spiro atoms. The first-order valence-corrected chi connectivity index (χ1v) is 12.7. The number of allylic oxidation sites excluding steroid dienone is 1. The molecule has 172 valence electrons. The fourth-order valence-corrected chi connectivity index (χ4v) is 7.37. The van der Waals surface area contributed by atoms with Gasteiger partial charge < -0.3 is 4.74 Å². The van der Waals surface area contributed by atoms with E-state index in [1.807, 2.05) is 30.3 Å². The van der Waals surface area contributed by atoms with Gasteiger partial charge in [-0.05, 0) is 102 Å². The maximum Gasteiger partial charge on any atom is 0.189 e. The predicted octanol–water partition coefficient (Wildman–Crippen LogP) is 7.73. The van der Waals surface area contributed by atoms with Gasteiger partial charge in [0.2, 0.25) is 0 Å². The Balaban J connectivity index is 1.25. The highest BCUT2D eigenvalue weighted by Crippen LogP contribution is 2.60. The second kappa shape index (κ2) is 8.58. The van der Waals surface area contributed by atoms with E-state index in [0.717, 1.165) is 23.3 Å². The molecule has 0 saturated heterocycles. The van der Waals surface area contributed by atoms with Crippen molar-refractivity contribution in [3.8, 4) is 16.9 Å². The van der Waals surface area contributed by atoms with Crippen molar-refractivity contribution in [2.45, 2.75) is 43.9 Å². The van der Waals surface area contributed by atoms with Gasteiger partial charge in [0.25, 0.3) is 0 Å². The summed E-state index contributed by atoms with van der Waals surface area (Å²) in [6.45, 7) is 0. The average Bonchev–Trinajstić information content (AvgIpc) is 2.87. The molecule has 2 heteroatoms. The van der Waals surface area contributed by atoms with Gasteiger partial charge in [0.1, 0.15) is 5.75 Å². The van der Waals surface area contributed by atoms with Crippen molar-refractivity contribution in [3.05, 3.63) is 95.6 Å². The van der Waals surface area contributed by atoms with Crippen LogP contribution in [0.5, 0.6) is 5.75 Å². The van der Waals surface area contributed by atoms with Crippen molar-refractivity contribution < 1.29 is 9.53 Å². The fraction of sp³-hybridized carbons (Fsp3) is 0.344. The second-order valence-electron chi connectivity index (χ2n) is 10.8. The number of hydrogen-bond donors (Lipinski definition) is 0. The van der Waals surface area contributed by atoms with E-state index < -0.39 is 0 Å². The minimum Gasteiger partial charge on any atom is -0.496 e. The Kier molecular flexibility index (Phi) is 5.40. The molecule has 3 aromatic carbocycles. The van der Waals surface area contributed by atoms with E-state index in [1.54, 1.807) is 13.2 Å². The molecule has 4 fully saturated rings. The first-order chi connectivity index (χ1) is 16.6. The molecule has 2 nitrogen and oxygen atoms in total. The van der Waals surface area contributed by atoms with E-state index in [2.05, 4.69) is 48.5 Å². The Morgan fingerprint density at radius 1 is 0.824 bits per heavy atom. The second-order valence-corrected chi connectivity index (χ2v) is 10.8. The highest BCUT2D eigenvalue weighted by Gasteiger charge is 2.51. The van der Waals surface area contributed by atoms with Crippen LogP contribution in [0.3, 0.4) is 0 Å². The van der Waals surface area contributed by atoms with E-state index in [-0.39, 0.29) is 11.2 Å². The molecule has 7 rings (SSSR count). The highest BCUT2D eigenvalue weighted by molar-refractivity contribution is 6.08. The topological polar surface area (TPSA) is 26.3 Å². The van der Waals surface area contributed by atoms with Gasteiger partial charge in [0.15, 0.2) is 5.78 Å². The maximum absolute atomic E-state index is 13.3. The molecular formula is C32H32O2. The van der Waals surface area contributed by atoms with Crippen molar-refractivity contribution in [2.75, 3.05) is 7.11 Å². The molecule has 4 aliphatic carbocycles. The van der Waals surface area contributed by atoms with E-state index in [1.165, 1.54) is 55.2 Å². The zero-order chi connectivity index (χ0) is 23.1. The quantitative estimate of drug-likeness (QED) is 0.285. The molecule has 0 heterocycles. The van der Waals surface area contributed by atoms with Crippen LogP contribution in [-0.2, 0) is 5.41 Å². The molecule has 4 saturated carbocycles. The van der Waals surface area contributed by atoms with Gasteiger partial charge in [-0.2, -0.15) is 0 Å². The molecule has 0 amide bonds. The van der Waals surface area contributed by atoms with Crippen LogP contribution in [0.4, 0.5) is 0 Å².